The quantitative estimate of drug-likeness (QED) is 0.221. The Morgan fingerprint density at radius 2 is 1.67 bits per heavy atom. The van der Waals surface area contributed by atoms with Crippen LogP contribution in [0.3, 0.4) is 0 Å². The molecule has 1 unspecified atom stereocenters. The first kappa shape index (κ1) is 23.2. The summed E-state index contributed by atoms with van der Waals surface area (Å²) in [5, 5.41) is 11.8. The van der Waals surface area contributed by atoms with Gasteiger partial charge in [-0.2, -0.15) is 5.26 Å². The van der Waals surface area contributed by atoms with E-state index in [4.69, 9.17) is 0 Å². The lowest BCUT2D eigenvalue weighted by Crippen LogP contribution is -2.41. The Balaban J connectivity index is 1.30. The highest BCUT2D eigenvalue weighted by Gasteiger charge is 2.33. The monoisotopic (exact) mass is 477 g/mol. The van der Waals surface area contributed by atoms with Gasteiger partial charge in [-0.15, -0.1) is 0 Å². The third-order valence-electron chi connectivity index (χ3n) is 6.82. The zero-order chi connectivity index (χ0) is 25.4. The van der Waals surface area contributed by atoms with Crippen molar-refractivity contribution in [3.05, 3.63) is 83.0 Å². The fourth-order valence-corrected chi connectivity index (χ4v) is 4.99. The molecule has 1 aliphatic rings. The number of Topliss-reactive ketones (excluding diaryl/α,β-unsaturated/α-hetero) is 2. The van der Waals surface area contributed by atoms with Crippen molar-refractivity contribution in [2.24, 2.45) is 5.92 Å². The fourth-order valence-electron chi connectivity index (χ4n) is 4.99. The second kappa shape index (κ2) is 9.23. The first-order valence-corrected chi connectivity index (χ1v) is 11.9. The molecule has 0 bridgehead atoms. The molecular weight excluding hydrogens is 454 g/mol. The topological polar surface area (TPSA) is 111 Å². The molecule has 7 nitrogen and oxygen atoms in total. The number of ketones is 2. The smallest absolute Gasteiger partial charge is 0.261 e. The van der Waals surface area contributed by atoms with Gasteiger partial charge >= 0.3 is 0 Å². The van der Waals surface area contributed by atoms with Crippen LogP contribution in [0.2, 0.25) is 0 Å². The molecule has 1 aliphatic heterocycles. The van der Waals surface area contributed by atoms with E-state index in [2.05, 4.69) is 4.98 Å². The Hall–Kier alpha value is -4.57. The minimum Gasteiger partial charge on any atom is -0.360 e. The van der Waals surface area contributed by atoms with Crippen molar-refractivity contribution in [3.63, 3.8) is 0 Å². The fraction of sp³-hybridized carbons (Fsp3) is 0.207. The molecular formula is C29H23N3O4. The molecule has 36 heavy (non-hydrogen) atoms. The zero-order valence-corrected chi connectivity index (χ0v) is 19.7. The highest BCUT2D eigenvalue weighted by atomic mass is 16.2. The molecule has 0 spiro atoms. The molecule has 4 aromatic rings. The number of amides is 2. The van der Waals surface area contributed by atoms with E-state index in [1.54, 1.807) is 36.5 Å². The SMILES string of the molecule is CCc1cccc2c(C(=O)C(C#N)C(=O)CCCN3C(=O)c4cccc5cccc(c45)C3=O)c[nH]c12. The van der Waals surface area contributed by atoms with Gasteiger partial charge in [-0.1, -0.05) is 49.4 Å². The first-order valence-electron chi connectivity index (χ1n) is 11.9. The van der Waals surface area contributed by atoms with Crippen molar-refractivity contribution in [2.45, 2.75) is 26.2 Å². The van der Waals surface area contributed by atoms with Gasteiger partial charge in [0.05, 0.1) is 6.07 Å². The van der Waals surface area contributed by atoms with E-state index in [0.717, 1.165) is 27.8 Å². The van der Waals surface area contributed by atoms with Crippen LogP contribution in [0.4, 0.5) is 0 Å². The molecule has 1 N–H and O–H groups in total. The van der Waals surface area contributed by atoms with Gasteiger partial charge in [-0.25, -0.2) is 0 Å². The average Bonchev–Trinajstić information content (AvgIpc) is 3.34. The van der Waals surface area contributed by atoms with Crippen LogP contribution >= 0.6 is 0 Å². The summed E-state index contributed by atoms with van der Waals surface area (Å²) < 4.78 is 0. The van der Waals surface area contributed by atoms with E-state index in [9.17, 15) is 24.4 Å². The Kier molecular flexibility index (Phi) is 5.95. The van der Waals surface area contributed by atoms with Gasteiger partial charge in [0.15, 0.2) is 17.5 Å². The van der Waals surface area contributed by atoms with Gasteiger partial charge in [0.2, 0.25) is 0 Å². The van der Waals surface area contributed by atoms with Crippen LogP contribution < -0.4 is 0 Å². The molecule has 1 atom stereocenters. The Bertz CT molecular complexity index is 1560. The molecule has 0 fully saturated rings. The lowest BCUT2D eigenvalue weighted by Gasteiger charge is -2.27. The highest BCUT2D eigenvalue weighted by molar-refractivity contribution is 6.25. The van der Waals surface area contributed by atoms with E-state index in [0.29, 0.717) is 27.5 Å². The molecule has 0 radical (unpaired) electrons. The molecule has 2 heterocycles. The number of fused-ring (bicyclic) bond motifs is 1. The summed E-state index contributed by atoms with van der Waals surface area (Å²) in [4.78, 5) is 56.3. The van der Waals surface area contributed by atoms with Crippen molar-refractivity contribution < 1.29 is 19.2 Å². The van der Waals surface area contributed by atoms with Gasteiger partial charge in [0.1, 0.15) is 0 Å². The molecule has 178 valence electrons. The van der Waals surface area contributed by atoms with Crippen molar-refractivity contribution in [1.82, 2.24) is 9.88 Å². The van der Waals surface area contributed by atoms with Crippen LogP contribution in [0.25, 0.3) is 21.7 Å². The predicted octanol–water partition coefficient (Wildman–Crippen LogP) is 4.85. The second-order valence-corrected chi connectivity index (χ2v) is 8.86. The van der Waals surface area contributed by atoms with Crippen LogP contribution in [-0.2, 0) is 11.2 Å². The number of hydrogen-bond acceptors (Lipinski definition) is 5. The maximum atomic E-state index is 13.1. The molecule has 0 saturated carbocycles. The van der Waals surface area contributed by atoms with Crippen LogP contribution in [0.1, 0.15) is 56.4 Å². The number of nitriles is 1. The van der Waals surface area contributed by atoms with Crippen molar-refractivity contribution in [3.8, 4) is 6.07 Å². The third-order valence-corrected chi connectivity index (χ3v) is 6.82. The summed E-state index contributed by atoms with van der Waals surface area (Å²) in [5.41, 5.74) is 3.07. The number of nitrogens with one attached hydrogen (secondary N) is 1. The number of aryl methyl sites for hydroxylation is 1. The molecule has 7 heteroatoms. The first-order chi connectivity index (χ1) is 17.5. The van der Waals surface area contributed by atoms with E-state index >= 15 is 0 Å². The van der Waals surface area contributed by atoms with E-state index in [-0.39, 0.29) is 19.4 Å². The number of rotatable bonds is 8. The number of nitrogens with zero attached hydrogens (tertiary/aromatic N) is 2. The number of imide groups is 1. The second-order valence-electron chi connectivity index (χ2n) is 8.86. The van der Waals surface area contributed by atoms with E-state index in [1.807, 2.05) is 37.3 Å². The number of carbonyl (C=O) groups is 4. The summed E-state index contributed by atoms with van der Waals surface area (Å²) in [5.74, 6) is -3.34. The number of aromatic nitrogens is 1. The molecule has 5 rings (SSSR count). The highest BCUT2D eigenvalue weighted by Crippen LogP contribution is 2.30. The summed E-state index contributed by atoms with van der Waals surface area (Å²) in [6, 6.07) is 18.1. The van der Waals surface area contributed by atoms with Crippen molar-refractivity contribution >= 4 is 45.1 Å². The van der Waals surface area contributed by atoms with Crippen molar-refractivity contribution in [1.29, 1.82) is 5.26 Å². The maximum absolute atomic E-state index is 13.1. The van der Waals surface area contributed by atoms with E-state index in [1.165, 1.54) is 0 Å². The summed E-state index contributed by atoms with van der Waals surface area (Å²) >= 11 is 0. The number of aromatic amines is 1. The minimum absolute atomic E-state index is 0.0212. The Morgan fingerprint density at radius 1 is 1.00 bits per heavy atom. The normalized spacial score (nSPS) is 13.7. The summed E-state index contributed by atoms with van der Waals surface area (Å²) in [7, 11) is 0. The minimum atomic E-state index is -1.45. The standard InChI is InChI=1S/C29H23N3O4/c1-2-17-7-3-10-19-23(16-31-26(17)19)27(34)22(15-30)24(33)13-6-14-32-28(35)20-11-4-8-18-9-5-12-21(25(18)20)29(32)36/h3-5,7-12,16,22,31H,2,6,13-14H2,1H3. The lowest BCUT2D eigenvalue weighted by molar-refractivity contribution is -0.120. The van der Waals surface area contributed by atoms with Gasteiger partial charge in [-0.3, -0.25) is 24.1 Å². The third kappa shape index (κ3) is 3.68. The lowest BCUT2D eigenvalue weighted by atomic mass is 9.91. The van der Waals surface area contributed by atoms with Gasteiger partial charge < -0.3 is 4.98 Å². The number of benzene rings is 3. The number of para-hydroxylation sites is 1. The number of H-pyrrole nitrogens is 1. The van der Waals surface area contributed by atoms with Crippen molar-refractivity contribution in [2.75, 3.05) is 6.54 Å². The molecule has 0 saturated heterocycles. The maximum Gasteiger partial charge on any atom is 0.261 e. The van der Waals surface area contributed by atoms with Crippen LogP contribution in [-0.4, -0.2) is 39.8 Å². The van der Waals surface area contributed by atoms with Gasteiger partial charge in [0.25, 0.3) is 11.8 Å². The zero-order valence-electron chi connectivity index (χ0n) is 19.7. The predicted molar refractivity (Wildman–Crippen MR) is 135 cm³/mol. The average molecular weight is 478 g/mol. The van der Waals surface area contributed by atoms with Crippen LogP contribution in [0.5, 0.6) is 0 Å². The van der Waals surface area contributed by atoms with Crippen LogP contribution in [0, 0.1) is 17.2 Å². The van der Waals surface area contributed by atoms with Gasteiger partial charge in [-0.05, 0) is 35.9 Å². The molecule has 0 aliphatic carbocycles. The number of carbonyl (C=O) groups excluding carboxylic acids is 4. The molecule has 2 amide bonds. The summed E-state index contributed by atoms with van der Waals surface area (Å²) in [6.07, 6.45) is 2.38. The van der Waals surface area contributed by atoms with E-state index < -0.39 is 29.3 Å². The Morgan fingerprint density at radius 3 is 2.31 bits per heavy atom. The molecule has 1 aromatic heterocycles. The molecule has 3 aromatic carbocycles. The van der Waals surface area contributed by atoms with Crippen LogP contribution in [0.15, 0.2) is 60.8 Å². The van der Waals surface area contributed by atoms with Gasteiger partial charge in [0, 0.05) is 52.1 Å². The number of hydrogen-bond donors (Lipinski definition) is 1. The largest absolute Gasteiger partial charge is 0.360 e. The Labute approximate surface area is 207 Å². The summed E-state index contributed by atoms with van der Waals surface area (Å²) in [6.45, 7) is 2.03.